The Balaban J connectivity index is 0.000000170. The molecule has 0 fully saturated rings. The van der Waals surface area contributed by atoms with Gasteiger partial charge in [0.25, 0.3) is 5.82 Å². The maximum absolute atomic E-state index is 13.3. The molecule has 0 unspecified atom stereocenters. The van der Waals surface area contributed by atoms with Crippen LogP contribution in [0.15, 0.2) is 194 Å². The summed E-state index contributed by atoms with van der Waals surface area (Å²) in [5.41, 5.74) is 15.5. The minimum Gasteiger partial charge on any atom is -0.475 e. The Morgan fingerprint density at radius 2 is 1.00 bits per heavy atom. The van der Waals surface area contributed by atoms with Crippen molar-refractivity contribution >= 4 is 65.7 Å². The normalized spacial score (nSPS) is 11.2. The molecule has 4 heterocycles. The molecule has 17 nitrogen and oxygen atoms in total. The zero-order chi connectivity index (χ0) is 53.0. The van der Waals surface area contributed by atoms with E-state index in [-0.39, 0.29) is 29.6 Å². The first-order valence-corrected chi connectivity index (χ1v) is 27.3. The first-order valence-electron chi connectivity index (χ1n) is 23.4. The minimum atomic E-state index is -3.20. The maximum Gasteiger partial charge on any atom is 0.375 e. The fraction of sp³-hybridized carbons (Fsp3) is 0.107. The number of aromatic nitrogens is 6. The lowest BCUT2D eigenvalue weighted by atomic mass is 10.1. The van der Waals surface area contributed by atoms with E-state index in [1.165, 1.54) is 6.26 Å². The third-order valence-electron chi connectivity index (χ3n) is 11.2. The highest BCUT2D eigenvalue weighted by molar-refractivity contribution is 7.92. The van der Waals surface area contributed by atoms with Crippen molar-refractivity contribution < 1.29 is 31.5 Å². The number of hydrogen-bond donors (Lipinski definition) is 5. The number of nitrogens with one attached hydrogen (secondary N) is 3. The van der Waals surface area contributed by atoms with Gasteiger partial charge in [0.1, 0.15) is 11.0 Å². The van der Waals surface area contributed by atoms with Crippen molar-refractivity contribution in [1.82, 2.24) is 29.2 Å². The SMILES string of the molecule is CS(=O)(=O)Cc1cccc(CC(=O)c2nc(NCc3ccccc3)c3c(-c4ccccc4)ccn3n2)c1.CS(=O)(=O)Nc1cccc(N)c1.O=C(O)c1nc(NCc2ccccc2)c2c(-c3ccccc3)ccn2n1. The second kappa shape index (κ2) is 23.6. The van der Waals surface area contributed by atoms with E-state index in [1.54, 1.807) is 63.8 Å². The van der Waals surface area contributed by atoms with Crippen LogP contribution in [-0.2, 0) is 45.1 Å². The number of carboxylic acid groups (broad SMARTS) is 1. The summed E-state index contributed by atoms with van der Waals surface area (Å²) in [5, 5.41) is 24.6. The first kappa shape index (κ1) is 52.1. The average molecular weight is 1040 g/mol. The number of carbonyl (C=O) groups excluding carboxylic acids is 1. The van der Waals surface area contributed by atoms with Gasteiger partial charge in [0.05, 0.1) is 17.7 Å². The van der Waals surface area contributed by atoms with E-state index in [2.05, 4.69) is 35.5 Å². The predicted molar refractivity (Wildman–Crippen MR) is 294 cm³/mol. The summed E-state index contributed by atoms with van der Waals surface area (Å²) in [5.74, 6) is -0.589. The molecule has 0 aliphatic carbocycles. The molecule has 0 amide bonds. The quantitative estimate of drug-likeness (QED) is 0.0447. The minimum absolute atomic E-state index is 0.0635. The molecule has 0 bridgehead atoms. The molecular formula is C56H52N10O7S2. The number of anilines is 4. The summed E-state index contributed by atoms with van der Waals surface area (Å²) in [6, 6.07) is 57.2. The lowest BCUT2D eigenvalue weighted by Gasteiger charge is -2.12. The summed E-state index contributed by atoms with van der Waals surface area (Å²) in [6.45, 7) is 1.07. The molecule has 19 heteroatoms. The van der Waals surface area contributed by atoms with Crippen LogP contribution in [0.1, 0.15) is 43.5 Å². The topological polar surface area (TPSA) is 245 Å². The molecular weight excluding hydrogens is 989 g/mol. The van der Waals surface area contributed by atoms with Crippen LogP contribution in [0.4, 0.5) is 23.0 Å². The van der Waals surface area contributed by atoms with Crippen LogP contribution in [0.2, 0.25) is 0 Å². The van der Waals surface area contributed by atoms with Crippen molar-refractivity contribution in [3.63, 3.8) is 0 Å². The molecule has 0 aliphatic heterocycles. The van der Waals surface area contributed by atoms with Crippen molar-refractivity contribution in [2.75, 3.05) is 33.6 Å². The van der Waals surface area contributed by atoms with Crippen LogP contribution in [0, 0.1) is 0 Å². The van der Waals surface area contributed by atoms with Gasteiger partial charge in [-0.3, -0.25) is 9.52 Å². The van der Waals surface area contributed by atoms with Gasteiger partial charge in [-0.05, 0) is 63.7 Å². The van der Waals surface area contributed by atoms with Gasteiger partial charge in [-0.1, -0.05) is 152 Å². The van der Waals surface area contributed by atoms with E-state index in [4.69, 9.17) is 5.73 Å². The maximum atomic E-state index is 13.3. The van der Waals surface area contributed by atoms with Gasteiger partial charge in [0, 0.05) is 55.0 Å². The Kier molecular flexibility index (Phi) is 16.4. The smallest absolute Gasteiger partial charge is 0.375 e. The molecule has 10 rings (SSSR count). The van der Waals surface area contributed by atoms with E-state index in [0.29, 0.717) is 47.2 Å². The summed E-state index contributed by atoms with van der Waals surface area (Å²) in [4.78, 5) is 33.6. The number of ketones is 1. The summed E-state index contributed by atoms with van der Waals surface area (Å²) in [6.07, 6.45) is 5.93. The third kappa shape index (κ3) is 14.5. The van der Waals surface area contributed by atoms with Crippen molar-refractivity contribution in [2.45, 2.75) is 25.3 Å². The number of benzene rings is 6. The molecule has 0 radical (unpaired) electrons. The number of sulfonamides is 1. The van der Waals surface area contributed by atoms with Crippen molar-refractivity contribution in [3.05, 3.63) is 228 Å². The Hall–Kier alpha value is -9.20. The van der Waals surface area contributed by atoms with E-state index < -0.39 is 25.8 Å². The van der Waals surface area contributed by atoms with E-state index in [1.807, 2.05) is 140 Å². The molecule has 4 aromatic heterocycles. The predicted octanol–water partition coefficient (Wildman–Crippen LogP) is 9.33. The number of hydrogen-bond acceptors (Lipinski definition) is 13. The van der Waals surface area contributed by atoms with Crippen LogP contribution in [0.3, 0.4) is 0 Å². The lowest BCUT2D eigenvalue weighted by molar-refractivity contribution is 0.0681. The highest BCUT2D eigenvalue weighted by atomic mass is 32.2. The lowest BCUT2D eigenvalue weighted by Crippen LogP contribution is -2.15. The van der Waals surface area contributed by atoms with Crippen molar-refractivity contribution in [1.29, 1.82) is 0 Å². The number of nitrogen functional groups attached to an aromatic ring is 1. The molecule has 380 valence electrons. The number of fused-ring (bicyclic) bond motifs is 2. The van der Waals surface area contributed by atoms with Crippen LogP contribution >= 0.6 is 0 Å². The van der Waals surface area contributed by atoms with Crippen molar-refractivity contribution in [2.24, 2.45) is 0 Å². The van der Waals surface area contributed by atoms with Gasteiger partial charge in [-0.15, -0.1) is 10.2 Å². The zero-order valence-corrected chi connectivity index (χ0v) is 42.4. The Morgan fingerprint density at radius 3 is 1.48 bits per heavy atom. The average Bonchev–Trinajstić information content (AvgIpc) is 4.04. The number of rotatable bonds is 16. The van der Waals surface area contributed by atoms with Gasteiger partial charge in [0.2, 0.25) is 21.6 Å². The largest absolute Gasteiger partial charge is 0.475 e. The number of carboxylic acids is 1. The molecule has 75 heavy (non-hydrogen) atoms. The Bertz CT molecular complexity index is 3820. The first-order chi connectivity index (χ1) is 36.0. The van der Waals surface area contributed by atoms with Crippen molar-refractivity contribution in [3.8, 4) is 22.3 Å². The van der Waals surface area contributed by atoms with E-state index >= 15 is 0 Å². The summed E-state index contributed by atoms with van der Waals surface area (Å²) < 4.78 is 50.5. The number of carbonyl (C=O) groups is 2. The Morgan fingerprint density at radius 1 is 0.547 bits per heavy atom. The molecule has 0 spiro atoms. The molecule has 0 aliphatic rings. The highest BCUT2D eigenvalue weighted by Gasteiger charge is 2.20. The monoisotopic (exact) mass is 1040 g/mol. The second-order valence-electron chi connectivity index (χ2n) is 17.3. The van der Waals surface area contributed by atoms with Gasteiger partial charge >= 0.3 is 5.97 Å². The van der Waals surface area contributed by atoms with Gasteiger partial charge in [0.15, 0.2) is 21.5 Å². The summed E-state index contributed by atoms with van der Waals surface area (Å²) >= 11 is 0. The standard InChI is InChI=1S/C29H26N4O3S.C20H16N4O2.C7H10N2O2S/c1-37(35,36)20-23-12-8-11-22(17-23)18-26(34)28-31-29(30-19-21-9-4-2-5-10-21)27-25(15-16-33(27)32-28)24-13-6-3-7-14-24;25-20(26)19-22-18(21-13-14-7-3-1-4-8-14)17-16(11-12-24(17)23-19)15-9-5-2-6-10-15;1-12(10,11)9-7-4-2-3-6(8)5-7/h2-17H,18-20H2,1H3,(H,30,31,32);1-12H,13H2,(H,25,26)(H,21,22,23);2-5,9H,8H2,1H3. The summed E-state index contributed by atoms with van der Waals surface area (Å²) in [7, 11) is -6.38. The molecule has 0 saturated heterocycles. The number of Topliss-reactive ketones (excluding diaryl/α,β-unsaturated/α-hetero) is 1. The zero-order valence-electron chi connectivity index (χ0n) is 40.8. The molecule has 10 aromatic rings. The van der Waals surface area contributed by atoms with Gasteiger partial charge < -0.3 is 21.5 Å². The van der Waals surface area contributed by atoms with Crippen LogP contribution < -0.4 is 21.1 Å². The van der Waals surface area contributed by atoms with Crippen LogP contribution in [-0.4, -0.2) is 75.4 Å². The molecule has 0 saturated carbocycles. The fourth-order valence-corrected chi connectivity index (χ4v) is 9.32. The van der Waals surface area contributed by atoms with Crippen LogP contribution in [0.25, 0.3) is 33.3 Å². The van der Waals surface area contributed by atoms with E-state index in [9.17, 15) is 31.5 Å². The molecule has 6 aromatic carbocycles. The third-order valence-corrected chi connectivity index (χ3v) is 12.7. The van der Waals surface area contributed by atoms with Gasteiger partial charge in [-0.2, -0.15) is 0 Å². The number of aromatic carboxylic acids is 1. The highest BCUT2D eigenvalue weighted by Crippen LogP contribution is 2.31. The number of nitrogens with zero attached hydrogens (tertiary/aromatic N) is 6. The van der Waals surface area contributed by atoms with Crippen LogP contribution in [0.5, 0.6) is 0 Å². The van der Waals surface area contributed by atoms with Gasteiger partial charge in [-0.25, -0.2) is 40.6 Å². The molecule has 6 N–H and O–H groups in total. The number of sulfone groups is 1. The fourth-order valence-electron chi connectivity index (χ4n) is 7.98. The number of nitrogens with two attached hydrogens (primary N) is 1. The second-order valence-corrected chi connectivity index (χ2v) is 21.2. The Labute approximate surface area is 433 Å². The molecule has 0 atom stereocenters. The van der Waals surface area contributed by atoms with E-state index in [0.717, 1.165) is 50.7 Å².